The molecule has 208 valence electrons. The first kappa shape index (κ1) is 33.1. The molecule has 0 aromatic carbocycles. The lowest BCUT2D eigenvalue weighted by Gasteiger charge is -2.48. The van der Waals surface area contributed by atoms with Crippen molar-refractivity contribution in [2.45, 2.75) is 17.7 Å². The highest BCUT2D eigenvalue weighted by Crippen LogP contribution is 2.27. The lowest BCUT2D eigenvalue weighted by molar-refractivity contribution is -0.174. The summed E-state index contributed by atoms with van der Waals surface area (Å²) in [6, 6.07) is -2.96. The van der Waals surface area contributed by atoms with E-state index in [1.807, 2.05) is 0 Å². The van der Waals surface area contributed by atoms with Crippen molar-refractivity contribution in [1.29, 1.82) is 0 Å². The van der Waals surface area contributed by atoms with Crippen molar-refractivity contribution < 1.29 is 58.9 Å². The summed E-state index contributed by atoms with van der Waals surface area (Å²) < 4.78 is 16.1. The van der Waals surface area contributed by atoms with Crippen LogP contribution >= 0.6 is 0 Å². The molecule has 16 nitrogen and oxygen atoms in total. The summed E-state index contributed by atoms with van der Waals surface area (Å²) in [6.45, 7) is -1.74. The van der Waals surface area contributed by atoms with Crippen LogP contribution in [0.2, 0.25) is 0 Å². The van der Waals surface area contributed by atoms with E-state index in [4.69, 9.17) is 25.7 Å². The molecule has 0 amide bonds. The molecule has 16 heteroatoms. The summed E-state index contributed by atoms with van der Waals surface area (Å²) >= 11 is 0. The van der Waals surface area contributed by atoms with Crippen LogP contribution in [-0.4, -0.2) is 149 Å². The highest BCUT2D eigenvalue weighted by atomic mass is 16.5. The van der Waals surface area contributed by atoms with E-state index in [2.05, 4.69) is 6.58 Å². The van der Waals surface area contributed by atoms with E-state index in [0.29, 0.717) is 0 Å². The quantitative estimate of drug-likeness (QED) is 0.0505. The van der Waals surface area contributed by atoms with Gasteiger partial charge in [-0.1, -0.05) is 6.58 Å². The van der Waals surface area contributed by atoms with Gasteiger partial charge in [0.25, 0.3) is 0 Å². The molecule has 0 aliphatic carbocycles. The van der Waals surface area contributed by atoms with Gasteiger partial charge in [-0.25, -0.2) is 0 Å². The van der Waals surface area contributed by atoms with E-state index in [-0.39, 0.29) is 26.3 Å². The van der Waals surface area contributed by atoms with E-state index >= 15 is 0 Å². The molecule has 0 aliphatic heterocycles. The lowest BCUT2D eigenvalue weighted by atomic mass is 9.84. The minimum absolute atomic E-state index is 0.0410. The Bertz CT molecular complexity index is 641. The van der Waals surface area contributed by atoms with Gasteiger partial charge in [-0.15, -0.1) is 0 Å². The van der Waals surface area contributed by atoms with Crippen LogP contribution in [0.4, 0.5) is 0 Å². The average molecular weight is 525 g/mol. The van der Waals surface area contributed by atoms with Crippen molar-refractivity contribution in [3.63, 3.8) is 0 Å². The van der Waals surface area contributed by atoms with Crippen molar-refractivity contribution in [1.82, 2.24) is 9.80 Å². The van der Waals surface area contributed by atoms with Gasteiger partial charge in [0, 0.05) is 13.1 Å². The minimum atomic E-state index is -2.35. The maximum absolute atomic E-state index is 12.0. The second-order valence-electron chi connectivity index (χ2n) is 7.61. The number of hydrogen-bond donors (Lipinski definition) is 7. The zero-order valence-corrected chi connectivity index (χ0v) is 19.9. The molecule has 0 saturated carbocycles. The molecular formula is C20H36N4O12. The van der Waals surface area contributed by atoms with Crippen LogP contribution in [0, 0.1) is 0 Å². The summed E-state index contributed by atoms with van der Waals surface area (Å²) in [5, 5.41) is 49.6. The highest BCUT2D eigenvalue weighted by molar-refractivity contribution is 5.73. The molecule has 0 aliphatic rings. The molecule has 0 fully saturated rings. The van der Waals surface area contributed by atoms with Gasteiger partial charge in [0.15, 0.2) is 0 Å². The minimum Gasteiger partial charge on any atom is -0.499 e. The molecule has 0 spiro atoms. The summed E-state index contributed by atoms with van der Waals surface area (Å²) in [5.74, 6) is -5.74. The van der Waals surface area contributed by atoms with Gasteiger partial charge in [-0.05, 0) is 0 Å². The number of hydrogen-bond acceptors (Lipinski definition) is 12. The monoisotopic (exact) mass is 524 g/mol. The predicted octanol–water partition coefficient (Wildman–Crippen LogP) is -3.49. The van der Waals surface area contributed by atoms with Crippen molar-refractivity contribution in [2.75, 3.05) is 72.3 Å². The zero-order chi connectivity index (χ0) is 27.7. The number of nitrogens with two attached hydrogens (primary N) is 2. The average Bonchev–Trinajstić information content (AvgIpc) is 2.76. The Hall–Kier alpha value is -2.86. The fourth-order valence-corrected chi connectivity index (χ4v) is 3.54. The second-order valence-corrected chi connectivity index (χ2v) is 7.61. The molecule has 9 N–H and O–H groups in total. The summed E-state index contributed by atoms with van der Waals surface area (Å²) in [7, 11) is 0. The SMILES string of the molecule is C=COCC(O)(C(COCCN)N(CC(=O)O)CC(=O)O)C(COCCN)N(CC(=O)O)CC(=O)O. The first-order valence-corrected chi connectivity index (χ1v) is 10.8. The van der Waals surface area contributed by atoms with Crippen LogP contribution in [0.1, 0.15) is 0 Å². The molecule has 0 radical (unpaired) electrons. The van der Waals surface area contributed by atoms with Gasteiger partial charge in [-0.2, -0.15) is 0 Å². The third-order valence-electron chi connectivity index (χ3n) is 4.90. The topological polar surface area (TPSA) is 256 Å². The number of aliphatic hydroxyl groups is 1. The molecule has 0 saturated heterocycles. The summed E-state index contributed by atoms with van der Waals surface area (Å²) in [5.41, 5.74) is 8.53. The normalized spacial score (nSPS) is 14.7. The van der Waals surface area contributed by atoms with Crippen LogP contribution in [0.3, 0.4) is 0 Å². The van der Waals surface area contributed by atoms with Crippen molar-refractivity contribution in [3.05, 3.63) is 12.8 Å². The molecule has 0 aromatic heterocycles. The predicted molar refractivity (Wildman–Crippen MR) is 122 cm³/mol. The second kappa shape index (κ2) is 17.6. The van der Waals surface area contributed by atoms with Crippen molar-refractivity contribution >= 4 is 23.9 Å². The van der Waals surface area contributed by atoms with Crippen LogP contribution in [0.15, 0.2) is 12.8 Å². The van der Waals surface area contributed by atoms with Gasteiger partial charge in [0.05, 0.1) is 71.0 Å². The van der Waals surface area contributed by atoms with Crippen LogP contribution in [-0.2, 0) is 33.4 Å². The van der Waals surface area contributed by atoms with E-state index in [1.165, 1.54) is 0 Å². The van der Waals surface area contributed by atoms with E-state index in [0.717, 1.165) is 16.1 Å². The van der Waals surface area contributed by atoms with Gasteiger partial charge in [0.1, 0.15) is 12.2 Å². The van der Waals surface area contributed by atoms with Crippen LogP contribution in [0.25, 0.3) is 0 Å². The highest BCUT2D eigenvalue weighted by Gasteiger charge is 2.51. The largest absolute Gasteiger partial charge is 0.499 e. The number of rotatable bonds is 23. The standard InChI is InChI=1S/C20H36N4O12/c1-2-34-13-20(33,14(11-35-5-3-21)23(7-16(25)26)8-17(27)28)15(12-36-6-4-22)24(9-18(29)30)10-19(31)32/h2,14-15,33H,1,3-13,21-22H2,(H,25,26)(H,27,28)(H,29,30)(H,31,32). The van der Waals surface area contributed by atoms with E-state index in [9.17, 15) is 44.7 Å². The maximum Gasteiger partial charge on any atom is 0.317 e. The molecule has 0 rings (SSSR count). The van der Waals surface area contributed by atoms with Crippen LogP contribution < -0.4 is 11.5 Å². The Morgan fingerprint density at radius 3 is 1.36 bits per heavy atom. The maximum atomic E-state index is 12.0. The first-order valence-electron chi connectivity index (χ1n) is 10.8. The Morgan fingerprint density at radius 2 is 1.11 bits per heavy atom. The fourth-order valence-electron chi connectivity index (χ4n) is 3.54. The molecule has 0 heterocycles. The van der Waals surface area contributed by atoms with Gasteiger partial charge < -0.3 is 51.2 Å². The molecule has 2 atom stereocenters. The third-order valence-corrected chi connectivity index (χ3v) is 4.90. The van der Waals surface area contributed by atoms with E-state index in [1.54, 1.807) is 0 Å². The molecule has 0 bridgehead atoms. The number of ether oxygens (including phenoxy) is 3. The zero-order valence-electron chi connectivity index (χ0n) is 19.9. The Balaban J connectivity index is 6.88. The number of aliphatic carboxylic acids is 4. The van der Waals surface area contributed by atoms with E-state index < -0.39 is 87.6 Å². The van der Waals surface area contributed by atoms with Crippen LogP contribution in [0.5, 0.6) is 0 Å². The Morgan fingerprint density at radius 1 is 0.778 bits per heavy atom. The number of carboxylic acids is 4. The third kappa shape index (κ3) is 12.2. The molecule has 36 heavy (non-hydrogen) atoms. The number of carbonyl (C=O) groups is 4. The molecule has 2 unspecified atom stereocenters. The van der Waals surface area contributed by atoms with Gasteiger partial charge in [0.2, 0.25) is 0 Å². The number of carboxylic acid groups (broad SMARTS) is 4. The van der Waals surface area contributed by atoms with Gasteiger partial charge in [-0.3, -0.25) is 29.0 Å². The Labute approximate surface area is 207 Å². The molecular weight excluding hydrogens is 488 g/mol. The first-order chi connectivity index (χ1) is 16.9. The lowest BCUT2D eigenvalue weighted by Crippen LogP contribution is -2.70. The summed E-state index contributed by atoms with van der Waals surface area (Å²) in [6.07, 6.45) is 0.942. The van der Waals surface area contributed by atoms with Crippen molar-refractivity contribution in [3.8, 4) is 0 Å². The number of nitrogens with zero attached hydrogens (tertiary/aromatic N) is 2. The molecule has 0 aromatic rings. The fraction of sp³-hybridized carbons (Fsp3) is 0.700. The Kier molecular flexibility index (Phi) is 16.2. The summed E-state index contributed by atoms with van der Waals surface area (Å²) in [4.78, 5) is 47.9. The van der Waals surface area contributed by atoms with Gasteiger partial charge >= 0.3 is 23.9 Å². The van der Waals surface area contributed by atoms with Crippen molar-refractivity contribution in [2.24, 2.45) is 11.5 Å². The smallest absolute Gasteiger partial charge is 0.317 e.